The van der Waals surface area contributed by atoms with Gasteiger partial charge >= 0.3 is 0 Å². The molecule has 0 amide bonds. The molecule has 1 aromatic heterocycles. The van der Waals surface area contributed by atoms with E-state index in [1.54, 1.807) is 0 Å². The van der Waals surface area contributed by atoms with E-state index in [9.17, 15) is 4.79 Å². The van der Waals surface area contributed by atoms with Crippen LogP contribution < -0.4 is 0 Å². The molecule has 92 valence electrons. The van der Waals surface area contributed by atoms with E-state index >= 15 is 0 Å². The highest BCUT2D eigenvalue weighted by Gasteiger charge is 2.33. The SMILES string of the molecule is CC1CCC(c2noc(C3CCCC3=O)n2)C1. The van der Waals surface area contributed by atoms with Gasteiger partial charge in [0.05, 0.1) is 5.92 Å². The van der Waals surface area contributed by atoms with Crippen LogP contribution in [0.5, 0.6) is 0 Å². The van der Waals surface area contributed by atoms with Gasteiger partial charge in [-0.15, -0.1) is 0 Å². The minimum atomic E-state index is -0.116. The van der Waals surface area contributed by atoms with E-state index in [0.717, 1.165) is 37.4 Å². The van der Waals surface area contributed by atoms with Crippen molar-refractivity contribution in [3.8, 4) is 0 Å². The van der Waals surface area contributed by atoms with Crippen molar-refractivity contribution in [3.05, 3.63) is 11.7 Å². The fourth-order valence-corrected chi connectivity index (χ4v) is 3.07. The van der Waals surface area contributed by atoms with Crippen LogP contribution in [0.2, 0.25) is 0 Å². The number of hydrogen-bond acceptors (Lipinski definition) is 4. The van der Waals surface area contributed by atoms with E-state index in [2.05, 4.69) is 17.1 Å². The minimum Gasteiger partial charge on any atom is -0.339 e. The molecule has 0 aliphatic heterocycles. The van der Waals surface area contributed by atoms with Crippen molar-refractivity contribution < 1.29 is 9.32 Å². The standard InChI is InChI=1S/C13H18N2O2/c1-8-5-6-9(7-8)12-14-13(17-15-12)10-3-2-4-11(10)16/h8-10H,2-7H2,1H3. The maximum Gasteiger partial charge on any atom is 0.237 e. The fraction of sp³-hybridized carbons (Fsp3) is 0.769. The topological polar surface area (TPSA) is 56.0 Å². The molecule has 3 rings (SSSR count). The van der Waals surface area contributed by atoms with Crippen molar-refractivity contribution in [3.63, 3.8) is 0 Å². The van der Waals surface area contributed by atoms with Gasteiger partial charge in [-0.1, -0.05) is 12.1 Å². The Balaban J connectivity index is 1.76. The van der Waals surface area contributed by atoms with Gasteiger partial charge in [-0.3, -0.25) is 4.79 Å². The quantitative estimate of drug-likeness (QED) is 0.789. The zero-order chi connectivity index (χ0) is 11.8. The molecule has 3 unspecified atom stereocenters. The molecule has 2 aliphatic carbocycles. The summed E-state index contributed by atoms with van der Waals surface area (Å²) in [6.07, 6.45) is 6.05. The predicted molar refractivity (Wildman–Crippen MR) is 61.7 cm³/mol. The first-order valence-electron chi connectivity index (χ1n) is 6.60. The van der Waals surface area contributed by atoms with Crippen LogP contribution in [0, 0.1) is 5.92 Å². The van der Waals surface area contributed by atoms with Gasteiger partial charge in [0.1, 0.15) is 5.78 Å². The Labute approximate surface area is 101 Å². The van der Waals surface area contributed by atoms with Crippen LogP contribution >= 0.6 is 0 Å². The Hall–Kier alpha value is -1.19. The normalized spacial score (nSPS) is 33.5. The average molecular weight is 234 g/mol. The third kappa shape index (κ3) is 2.01. The summed E-state index contributed by atoms with van der Waals surface area (Å²) in [5.74, 6) is 2.73. The van der Waals surface area contributed by atoms with E-state index in [-0.39, 0.29) is 11.7 Å². The number of nitrogens with zero attached hydrogens (tertiary/aromatic N) is 2. The third-order valence-corrected chi connectivity index (χ3v) is 4.12. The molecule has 2 saturated carbocycles. The Kier molecular flexibility index (Phi) is 2.73. The van der Waals surface area contributed by atoms with Gasteiger partial charge < -0.3 is 4.52 Å². The molecule has 0 spiro atoms. The van der Waals surface area contributed by atoms with Gasteiger partial charge in [-0.25, -0.2) is 0 Å². The molecular formula is C13H18N2O2. The van der Waals surface area contributed by atoms with Crippen LogP contribution in [0.25, 0.3) is 0 Å². The van der Waals surface area contributed by atoms with Crippen molar-refractivity contribution in [2.75, 3.05) is 0 Å². The molecule has 0 saturated heterocycles. The monoisotopic (exact) mass is 234 g/mol. The van der Waals surface area contributed by atoms with E-state index in [1.165, 1.54) is 6.42 Å². The number of Topliss-reactive ketones (excluding diaryl/α,β-unsaturated/α-hetero) is 1. The van der Waals surface area contributed by atoms with Crippen molar-refractivity contribution >= 4 is 5.78 Å². The zero-order valence-electron chi connectivity index (χ0n) is 10.2. The van der Waals surface area contributed by atoms with Crippen LogP contribution in [0.4, 0.5) is 0 Å². The second kappa shape index (κ2) is 4.24. The number of aromatic nitrogens is 2. The number of carbonyl (C=O) groups is 1. The molecule has 1 heterocycles. The number of hydrogen-bond donors (Lipinski definition) is 0. The largest absolute Gasteiger partial charge is 0.339 e. The summed E-state index contributed by atoms with van der Waals surface area (Å²) in [7, 11) is 0. The van der Waals surface area contributed by atoms with Crippen molar-refractivity contribution in [1.29, 1.82) is 0 Å². The van der Waals surface area contributed by atoms with Gasteiger partial charge in [0.25, 0.3) is 0 Å². The highest BCUT2D eigenvalue weighted by atomic mass is 16.5. The Morgan fingerprint density at radius 2 is 2.18 bits per heavy atom. The molecule has 0 bridgehead atoms. The first-order chi connectivity index (χ1) is 8.24. The number of ketones is 1. The van der Waals surface area contributed by atoms with Crippen molar-refractivity contribution in [1.82, 2.24) is 10.1 Å². The Morgan fingerprint density at radius 3 is 2.82 bits per heavy atom. The molecule has 1 aromatic rings. The highest BCUT2D eigenvalue weighted by Crippen LogP contribution is 2.37. The summed E-state index contributed by atoms with van der Waals surface area (Å²) in [6.45, 7) is 2.27. The lowest BCUT2D eigenvalue weighted by molar-refractivity contribution is -0.119. The van der Waals surface area contributed by atoms with E-state index in [1.807, 2.05) is 0 Å². The third-order valence-electron chi connectivity index (χ3n) is 4.12. The molecule has 17 heavy (non-hydrogen) atoms. The van der Waals surface area contributed by atoms with Crippen LogP contribution in [0.3, 0.4) is 0 Å². The second-order valence-corrected chi connectivity index (χ2v) is 5.52. The maximum absolute atomic E-state index is 11.6. The zero-order valence-corrected chi connectivity index (χ0v) is 10.2. The summed E-state index contributed by atoms with van der Waals surface area (Å²) in [4.78, 5) is 16.1. The van der Waals surface area contributed by atoms with E-state index in [4.69, 9.17) is 4.52 Å². The fourth-order valence-electron chi connectivity index (χ4n) is 3.07. The van der Waals surface area contributed by atoms with E-state index < -0.39 is 0 Å². The Bertz CT molecular complexity index is 427. The summed E-state index contributed by atoms with van der Waals surface area (Å²) < 4.78 is 5.28. The smallest absolute Gasteiger partial charge is 0.237 e. The lowest BCUT2D eigenvalue weighted by atomic mass is 10.1. The molecular weight excluding hydrogens is 216 g/mol. The van der Waals surface area contributed by atoms with Crippen LogP contribution in [-0.4, -0.2) is 15.9 Å². The predicted octanol–water partition coefficient (Wildman–Crippen LogP) is 2.81. The molecule has 4 nitrogen and oxygen atoms in total. The van der Waals surface area contributed by atoms with Gasteiger partial charge in [-0.05, 0) is 38.0 Å². The van der Waals surface area contributed by atoms with Gasteiger partial charge in [-0.2, -0.15) is 4.98 Å². The summed E-state index contributed by atoms with van der Waals surface area (Å²) in [5.41, 5.74) is 0. The van der Waals surface area contributed by atoms with Gasteiger partial charge in [0, 0.05) is 12.3 Å². The molecule has 0 radical (unpaired) electrons. The summed E-state index contributed by atoms with van der Waals surface area (Å²) in [6, 6.07) is 0. The van der Waals surface area contributed by atoms with Crippen LogP contribution in [0.15, 0.2) is 4.52 Å². The number of rotatable bonds is 2. The summed E-state index contributed by atoms with van der Waals surface area (Å²) >= 11 is 0. The van der Waals surface area contributed by atoms with Crippen LogP contribution in [-0.2, 0) is 4.79 Å². The highest BCUT2D eigenvalue weighted by molar-refractivity contribution is 5.86. The lowest BCUT2D eigenvalue weighted by Gasteiger charge is -2.02. The van der Waals surface area contributed by atoms with Crippen molar-refractivity contribution in [2.24, 2.45) is 5.92 Å². The second-order valence-electron chi connectivity index (χ2n) is 5.52. The minimum absolute atomic E-state index is 0.116. The lowest BCUT2D eigenvalue weighted by Crippen LogP contribution is -2.05. The Morgan fingerprint density at radius 1 is 1.29 bits per heavy atom. The van der Waals surface area contributed by atoms with E-state index in [0.29, 0.717) is 18.2 Å². The van der Waals surface area contributed by atoms with Crippen molar-refractivity contribution in [2.45, 2.75) is 57.3 Å². The van der Waals surface area contributed by atoms with Crippen LogP contribution in [0.1, 0.15) is 69.0 Å². The molecule has 0 N–H and O–H groups in total. The molecule has 2 aliphatic rings. The molecule has 3 atom stereocenters. The first kappa shape index (κ1) is 10.9. The van der Waals surface area contributed by atoms with Gasteiger partial charge in [0.2, 0.25) is 5.89 Å². The van der Waals surface area contributed by atoms with Gasteiger partial charge in [0.15, 0.2) is 5.82 Å². The average Bonchev–Trinajstić information content (AvgIpc) is 2.97. The first-order valence-corrected chi connectivity index (χ1v) is 6.60. The summed E-state index contributed by atoms with van der Waals surface area (Å²) in [5, 5.41) is 4.07. The molecule has 4 heteroatoms. The molecule has 0 aromatic carbocycles. The molecule has 2 fully saturated rings. The maximum atomic E-state index is 11.6. The number of carbonyl (C=O) groups excluding carboxylic acids is 1.